The molecule has 2 amide bonds. The predicted molar refractivity (Wildman–Crippen MR) is 126 cm³/mol. The fourth-order valence-electron chi connectivity index (χ4n) is 3.97. The summed E-state index contributed by atoms with van der Waals surface area (Å²) >= 11 is 0. The number of alkyl carbamates (subject to hydrolysis) is 1. The summed E-state index contributed by atoms with van der Waals surface area (Å²) in [5.41, 5.74) is 4.90. The van der Waals surface area contributed by atoms with Crippen molar-refractivity contribution in [1.29, 1.82) is 0 Å². The molecule has 0 aliphatic heterocycles. The third-order valence-electron chi connectivity index (χ3n) is 6.12. The van der Waals surface area contributed by atoms with Crippen LogP contribution in [0.3, 0.4) is 0 Å². The first kappa shape index (κ1) is 24.0. The molecule has 7 nitrogen and oxygen atoms in total. The van der Waals surface area contributed by atoms with E-state index in [0.717, 1.165) is 22.3 Å². The Hall–Kier alpha value is -3.61. The summed E-state index contributed by atoms with van der Waals surface area (Å²) in [5, 5.41) is 14.5. The zero-order chi connectivity index (χ0) is 24.0. The highest BCUT2D eigenvalue weighted by molar-refractivity contribution is 5.95. The van der Waals surface area contributed by atoms with E-state index < -0.39 is 24.0 Å². The molecule has 2 atom stereocenters. The SMILES string of the molecule is CCC(C)C(NC(=O)/C(C)=C/CNC(=O)OCC1c2ccccc2-c2ccccc21)C(=O)O. The molecule has 0 bridgehead atoms. The fourth-order valence-corrected chi connectivity index (χ4v) is 3.97. The first-order valence-electron chi connectivity index (χ1n) is 11.1. The van der Waals surface area contributed by atoms with Gasteiger partial charge >= 0.3 is 12.1 Å². The summed E-state index contributed by atoms with van der Waals surface area (Å²) in [6, 6.07) is 15.2. The van der Waals surface area contributed by atoms with Gasteiger partial charge in [0.2, 0.25) is 5.91 Å². The summed E-state index contributed by atoms with van der Waals surface area (Å²) in [7, 11) is 0. The lowest BCUT2D eigenvalue weighted by atomic mass is 9.98. The number of carbonyl (C=O) groups is 3. The molecule has 33 heavy (non-hydrogen) atoms. The second-order valence-corrected chi connectivity index (χ2v) is 8.27. The molecule has 0 saturated heterocycles. The maximum absolute atomic E-state index is 12.3. The van der Waals surface area contributed by atoms with E-state index in [9.17, 15) is 19.5 Å². The van der Waals surface area contributed by atoms with Crippen molar-refractivity contribution in [2.24, 2.45) is 5.92 Å². The van der Waals surface area contributed by atoms with Crippen LogP contribution < -0.4 is 10.6 Å². The Morgan fingerprint density at radius 3 is 2.18 bits per heavy atom. The number of amides is 2. The van der Waals surface area contributed by atoms with E-state index in [1.54, 1.807) is 13.8 Å². The number of fused-ring (bicyclic) bond motifs is 3. The van der Waals surface area contributed by atoms with Crippen LogP contribution in [-0.2, 0) is 14.3 Å². The summed E-state index contributed by atoms with van der Waals surface area (Å²) in [6.07, 6.45) is 1.58. The van der Waals surface area contributed by atoms with Crippen LogP contribution in [0, 0.1) is 5.92 Å². The van der Waals surface area contributed by atoms with E-state index >= 15 is 0 Å². The van der Waals surface area contributed by atoms with Crippen molar-refractivity contribution in [3.8, 4) is 11.1 Å². The van der Waals surface area contributed by atoms with Crippen molar-refractivity contribution >= 4 is 18.0 Å². The van der Waals surface area contributed by atoms with Crippen LogP contribution in [0.2, 0.25) is 0 Å². The number of aliphatic carboxylic acids is 1. The molecule has 2 unspecified atom stereocenters. The Bertz CT molecular complexity index is 1020. The summed E-state index contributed by atoms with van der Waals surface area (Å²) in [4.78, 5) is 35.9. The molecular formula is C26H30N2O5. The van der Waals surface area contributed by atoms with Gasteiger partial charge in [0.25, 0.3) is 0 Å². The number of hydrogen-bond donors (Lipinski definition) is 3. The molecule has 1 aliphatic rings. The maximum atomic E-state index is 12.3. The number of carboxylic acids is 1. The number of hydrogen-bond acceptors (Lipinski definition) is 4. The van der Waals surface area contributed by atoms with Crippen LogP contribution >= 0.6 is 0 Å². The van der Waals surface area contributed by atoms with Crippen molar-refractivity contribution in [2.45, 2.75) is 39.2 Å². The Morgan fingerprint density at radius 1 is 1.06 bits per heavy atom. The maximum Gasteiger partial charge on any atom is 0.407 e. The van der Waals surface area contributed by atoms with Crippen LogP contribution in [-0.4, -0.2) is 42.3 Å². The summed E-state index contributed by atoms with van der Waals surface area (Å²) in [6.45, 7) is 5.52. The van der Waals surface area contributed by atoms with E-state index in [0.29, 0.717) is 12.0 Å². The molecule has 0 radical (unpaired) electrons. The molecular weight excluding hydrogens is 420 g/mol. The number of nitrogens with one attached hydrogen (secondary N) is 2. The lowest BCUT2D eigenvalue weighted by Gasteiger charge is -2.20. The number of carbonyl (C=O) groups excluding carboxylic acids is 2. The Morgan fingerprint density at radius 2 is 1.64 bits per heavy atom. The van der Waals surface area contributed by atoms with Crippen molar-refractivity contribution < 1.29 is 24.2 Å². The largest absolute Gasteiger partial charge is 0.480 e. The monoisotopic (exact) mass is 450 g/mol. The van der Waals surface area contributed by atoms with Gasteiger partial charge in [0.1, 0.15) is 12.6 Å². The summed E-state index contributed by atoms with van der Waals surface area (Å²) < 4.78 is 5.47. The average molecular weight is 451 g/mol. The minimum Gasteiger partial charge on any atom is -0.480 e. The molecule has 0 saturated carbocycles. The molecule has 174 valence electrons. The van der Waals surface area contributed by atoms with Crippen molar-refractivity contribution in [1.82, 2.24) is 10.6 Å². The highest BCUT2D eigenvalue weighted by Crippen LogP contribution is 2.44. The molecule has 7 heteroatoms. The van der Waals surface area contributed by atoms with Gasteiger partial charge in [-0.05, 0) is 35.1 Å². The molecule has 3 N–H and O–H groups in total. The van der Waals surface area contributed by atoms with Crippen molar-refractivity contribution in [3.63, 3.8) is 0 Å². The summed E-state index contributed by atoms with van der Waals surface area (Å²) in [5.74, 6) is -1.77. The molecule has 3 rings (SSSR count). The first-order chi connectivity index (χ1) is 15.8. The lowest BCUT2D eigenvalue weighted by Crippen LogP contribution is -2.45. The van der Waals surface area contributed by atoms with E-state index in [4.69, 9.17) is 4.74 Å². The Labute approximate surface area is 193 Å². The predicted octanol–water partition coefficient (Wildman–Crippen LogP) is 4.09. The molecule has 2 aromatic carbocycles. The van der Waals surface area contributed by atoms with Gasteiger partial charge in [0, 0.05) is 18.0 Å². The Kier molecular flexibility index (Phi) is 7.87. The van der Waals surface area contributed by atoms with E-state index in [1.807, 2.05) is 31.2 Å². The van der Waals surface area contributed by atoms with Crippen LogP contribution in [0.1, 0.15) is 44.2 Å². The molecule has 0 heterocycles. The van der Waals surface area contributed by atoms with E-state index in [-0.39, 0.29) is 25.0 Å². The smallest absolute Gasteiger partial charge is 0.407 e. The molecule has 0 aromatic heterocycles. The van der Waals surface area contributed by atoms with Crippen LogP contribution in [0.15, 0.2) is 60.2 Å². The molecule has 1 aliphatic carbocycles. The number of carboxylic acid groups (broad SMARTS) is 1. The normalized spacial score (nSPS) is 14.6. The lowest BCUT2D eigenvalue weighted by molar-refractivity contribution is -0.142. The van der Waals surface area contributed by atoms with Gasteiger partial charge in [-0.3, -0.25) is 4.79 Å². The van der Waals surface area contributed by atoms with E-state index in [1.165, 1.54) is 6.08 Å². The zero-order valence-electron chi connectivity index (χ0n) is 19.1. The topological polar surface area (TPSA) is 105 Å². The second-order valence-electron chi connectivity index (χ2n) is 8.27. The molecule has 2 aromatic rings. The van der Waals surface area contributed by atoms with Gasteiger partial charge < -0.3 is 20.5 Å². The van der Waals surface area contributed by atoms with Gasteiger partial charge in [0.05, 0.1) is 0 Å². The minimum atomic E-state index is -1.07. The quantitative estimate of drug-likeness (QED) is 0.499. The zero-order valence-corrected chi connectivity index (χ0v) is 19.1. The fraction of sp³-hybridized carbons (Fsp3) is 0.346. The van der Waals surface area contributed by atoms with Gasteiger partial charge in [-0.1, -0.05) is 74.9 Å². The standard InChI is InChI=1S/C26H30N2O5/c1-4-16(2)23(25(30)31)28-24(29)17(3)13-14-27-26(32)33-15-22-20-11-7-5-9-18(20)19-10-6-8-12-21(19)22/h5-13,16,22-23H,4,14-15H2,1-3H3,(H,27,32)(H,28,29)(H,30,31)/b17-13+. The van der Waals surface area contributed by atoms with Crippen LogP contribution in [0.4, 0.5) is 4.79 Å². The third kappa shape index (κ3) is 5.61. The third-order valence-corrected chi connectivity index (χ3v) is 6.12. The van der Waals surface area contributed by atoms with Gasteiger partial charge in [-0.15, -0.1) is 0 Å². The highest BCUT2D eigenvalue weighted by atomic mass is 16.5. The highest BCUT2D eigenvalue weighted by Gasteiger charge is 2.29. The van der Waals surface area contributed by atoms with E-state index in [2.05, 4.69) is 34.9 Å². The van der Waals surface area contributed by atoms with Gasteiger partial charge in [-0.25, -0.2) is 9.59 Å². The van der Waals surface area contributed by atoms with Gasteiger partial charge in [-0.2, -0.15) is 0 Å². The Balaban J connectivity index is 1.52. The average Bonchev–Trinajstić information content (AvgIpc) is 3.14. The first-order valence-corrected chi connectivity index (χ1v) is 11.1. The number of benzene rings is 2. The van der Waals surface area contributed by atoms with Gasteiger partial charge in [0.15, 0.2) is 0 Å². The van der Waals surface area contributed by atoms with Crippen molar-refractivity contribution in [3.05, 3.63) is 71.3 Å². The number of ether oxygens (including phenoxy) is 1. The molecule has 0 spiro atoms. The minimum absolute atomic E-state index is 0.0280. The van der Waals surface area contributed by atoms with Crippen molar-refractivity contribution in [2.75, 3.05) is 13.2 Å². The molecule has 0 fully saturated rings. The number of rotatable bonds is 9. The van der Waals surface area contributed by atoms with Crippen LogP contribution in [0.25, 0.3) is 11.1 Å². The second kappa shape index (κ2) is 10.8. The van der Waals surface area contributed by atoms with Crippen LogP contribution in [0.5, 0.6) is 0 Å².